The van der Waals surface area contributed by atoms with E-state index in [-0.39, 0.29) is 22.5 Å². The van der Waals surface area contributed by atoms with Gasteiger partial charge in [0.2, 0.25) is 5.76 Å². The molecule has 2 rings (SSSR count). The van der Waals surface area contributed by atoms with Crippen molar-refractivity contribution in [2.24, 2.45) is 10.2 Å². The van der Waals surface area contributed by atoms with Crippen molar-refractivity contribution in [1.29, 1.82) is 0 Å². The van der Waals surface area contributed by atoms with Gasteiger partial charge >= 0.3 is 11.8 Å². The van der Waals surface area contributed by atoms with Gasteiger partial charge in [-0.3, -0.25) is 20.3 Å². The average molecular weight is 368 g/mol. The number of benzene rings is 1. The van der Waals surface area contributed by atoms with Gasteiger partial charge in [-0.15, -0.1) is 0 Å². The summed E-state index contributed by atoms with van der Waals surface area (Å²) < 4.78 is 17.5. The van der Waals surface area contributed by atoms with E-state index in [2.05, 4.69) is 21.1 Å². The quantitative estimate of drug-likeness (QED) is 0.461. The van der Waals surface area contributed by atoms with Gasteiger partial charge in [0, 0.05) is 0 Å². The lowest BCUT2D eigenvalue weighted by Gasteiger charge is -2.02. The highest BCUT2D eigenvalue weighted by Gasteiger charge is 2.17. The van der Waals surface area contributed by atoms with Crippen LogP contribution in [0.5, 0.6) is 0 Å². The summed E-state index contributed by atoms with van der Waals surface area (Å²) in [4.78, 5) is 21.5. The van der Waals surface area contributed by atoms with Gasteiger partial charge in [0.1, 0.15) is 10.7 Å². The number of furan rings is 1. The maximum atomic E-state index is 12.8. The second-order valence-corrected chi connectivity index (χ2v) is 4.91. The van der Waals surface area contributed by atoms with E-state index in [4.69, 9.17) is 16.0 Å². The molecule has 1 aromatic heterocycles. The van der Waals surface area contributed by atoms with Crippen molar-refractivity contribution in [2.75, 3.05) is 5.43 Å². The first kappa shape index (κ1) is 18.1. The number of nitrogens with one attached hydrogen (secondary N) is 2. The Morgan fingerprint density at radius 3 is 2.52 bits per heavy atom. The lowest BCUT2D eigenvalue weighted by molar-refractivity contribution is -0.402. The predicted octanol–water partition coefficient (Wildman–Crippen LogP) is 3.10. The molecule has 0 spiro atoms. The molecule has 25 heavy (non-hydrogen) atoms. The summed E-state index contributed by atoms with van der Waals surface area (Å²) in [5.74, 6) is -2.02. The smallest absolute Gasteiger partial charge is 0.395 e. The Morgan fingerprint density at radius 2 is 1.92 bits per heavy atom. The van der Waals surface area contributed by atoms with Gasteiger partial charge in [0.25, 0.3) is 0 Å². The number of hydrogen-bond donors (Lipinski definition) is 2. The van der Waals surface area contributed by atoms with E-state index in [1.54, 1.807) is 0 Å². The number of nitrogens with zero attached hydrogens (tertiary/aromatic N) is 3. The van der Waals surface area contributed by atoms with Crippen LogP contribution in [0.4, 0.5) is 16.0 Å². The van der Waals surface area contributed by atoms with Crippen LogP contribution in [0.1, 0.15) is 17.5 Å². The standard InChI is InChI=1S/C14H11ClFN5O4/c1-8(13(15)19-18-10-4-2-9(16)3-5-10)17-20-14(22)11-6-7-12(25-11)21(23)24/h2-7,18H,1H3,(H,20,22)/b17-8+,19-13-. The van der Waals surface area contributed by atoms with Gasteiger partial charge in [-0.25, -0.2) is 9.82 Å². The molecular formula is C14H11ClFN5O4. The third kappa shape index (κ3) is 5.11. The summed E-state index contributed by atoms with van der Waals surface area (Å²) in [6.07, 6.45) is 0. The maximum Gasteiger partial charge on any atom is 0.433 e. The Labute approximate surface area is 145 Å². The molecule has 1 aromatic carbocycles. The van der Waals surface area contributed by atoms with Crippen LogP contribution in [0.15, 0.2) is 51.0 Å². The molecule has 0 fully saturated rings. The summed E-state index contributed by atoms with van der Waals surface area (Å²) in [6, 6.07) is 7.60. The molecule has 11 heteroatoms. The van der Waals surface area contributed by atoms with Crippen molar-refractivity contribution in [3.8, 4) is 0 Å². The second-order valence-electron chi connectivity index (χ2n) is 4.55. The lowest BCUT2D eigenvalue weighted by Crippen LogP contribution is -2.20. The molecule has 0 bridgehead atoms. The zero-order chi connectivity index (χ0) is 18.4. The van der Waals surface area contributed by atoms with Crippen LogP contribution in [0.3, 0.4) is 0 Å². The molecule has 1 amide bonds. The fourth-order valence-corrected chi connectivity index (χ4v) is 1.59. The molecule has 0 aliphatic carbocycles. The van der Waals surface area contributed by atoms with Gasteiger partial charge in [-0.1, -0.05) is 11.6 Å². The molecule has 0 unspecified atom stereocenters. The highest BCUT2D eigenvalue weighted by Crippen LogP contribution is 2.15. The summed E-state index contributed by atoms with van der Waals surface area (Å²) in [5.41, 5.74) is 5.37. The van der Waals surface area contributed by atoms with Crippen LogP contribution in [0.25, 0.3) is 0 Å². The van der Waals surface area contributed by atoms with Gasteiger partial charge in [-0.2, -0.15) is 10.2 Å². The van der Waals surface area contributed by atoms with Crippen LogP contribution in [-0.2, 0) is 0 Å². The van der Waals surface area contributed by atoms with Crippen molar-refractivity contribution in [3.63, 3.8) is 0 Å². The van der Waals surface area contributed by atoms with E-state index in [1.807, 2.05) is 0 Å². The van der Waals surface area contributed by atoms with Crippen LogP contribution < -0.4 is 10.9 Å². The fraction of sp³-hybridized carbons (Fsp3) is 0.0714. The number of rotatable bonds is 6. The molecule has 0 aliphatic rings. The molecule has 0 radical (unpaired) electrons. The van der Waals surface area contributed by atoms with Crippen LogP contribution in [0, 0.1) is 15.9 Å². The van der Waals surface area contributed by atoms with Gasteiger partial charge in [-0.05, 0) is 37.3 Å². The number of hydrogen-bond acceptors (Lipinski definition) is 7. The first-order valence-electron chi connectivity index (χ1n) is 6.71. The van der Waals surface area contributed by atoms with E-state index in [9.17, 15) is 19.3 Å². The van der Waals surface area contributed by atoms with Crippen molar-refractivity contribution in [1.82, 2.24) is 5.43 Å². The number of nitro groups is 1. The number of amides is 1. The topological polar surface area (TPSA) is 122 Å². The zero-order valence-corrected chi connectivity index (χ0v) is 13.5. The Hall–Kier alpha value is -3.27. The van der Waals surface area contributed by atoms with Crippen molar-refractivity contribution >= 4 is 40.0 Å². The highest BCUT2D eigenvalue weighted by atomic mass is 35.5. The predicted molar refractivity (Wildman–Crippen MR) is 89.2 cm³/mol. The summed E-state index contributed by atoms with van der Waals surface area (Å²) >= 11 is 5.91. The summed E-state index contributed by atoms with van der Waals surface area (Å²) in [5, 5.41) is 18.0. The van der Waals surface area contributed by atoms with E-state index in [1.165, 1.54) is 31.2 Å². The van der Waals surface area contributed by atoms with Gasteiger partial charge < -0.3 is 4.42 Å². The SMILES string of the molecule is CC(=N\NC(=O)c1ccc([N+](=O)[O-])o1)/C(Cl)=N/Nc1ccc(F)cc1. The summed E-state index contributed by atoms with van der Waals surface area (Å²) in [7, 11) is 0. The van der Waals surface area contributed by atoms with Crippen LogP contribution in [-0.4, -0.2) is 21.7 Å². The van der Waals surface area contributed by atoms with Crippen molar-refractivity contribution < 1.29 is 18.5 Å². The van der Waals surface area contributed by atoms with E-state index in [0.29, 0.717) is 5.69 Å². The Bertz CT molecular complexity index is 847. The fourth-order valence-electron chi connectivity index (χ4n) is 1.50. The molecule has 1 heterocycles. The molecule has 0 aliphatic heterocycles. The number of carbonyl (C=O) groups excluding carboxylic acids is 1. The minimum absolute atomic E-state index is 0.0601. The Balaban J connectivity index is 1.96. The number of carbonyl (C=O) groups is 1. The molecule has 2 N–H and O–H groups in total. The zero-order valence-electron chi connectivity index (χ0n) is 12.7. The molecule has 130 valence electrons. The Kier molecular flexibility index (Phi) is 5.79. The molecule has 0 saturated heterocycles. The van der Waals surface area contributed by atoms with Crippen LogP contribution >= 0.6 is 11.6 Å². The first-order chi connectivity index (χ1) is 11.9. The van der Waals surface area contributed by atoms with E-state index in [0.717, 1.165) is 12.1 Å². The monoisotopic (exact) mass is 367 g/mol. The normalized spacial score (nSPS) is 12.0. The maximum absolute atomic E-state index is 12.8. The third-order valence-electron chi connectivity index (χ3n) is 2.75. The van der Waals surface area contributed by atoms with Crippen molar-refractivity contribution in [2.45, 2.75) is 6.92 Å². The summed E-state index contributed by atoms with van der Waals surface area (Å²) in [6.45, 7) is 1.48. The van der Waals surface area contributed by atoms with Crippen molar-refractivity contribution in [3.05, 3.63) is 58.1 Å². The number of anilines is 1. The second kappa shape index (κ2) is 8.02. The highest BCUT2D eigenvalue weighted by molar-refractivity contribution is 6.83. The lowest BCUT2D eigenvalue weighted by atomic mass is 10.3. The molecular weight excluding hydrogens is 357 g/mol. The largest absolute Gasteiger partial charge is 0.433 e. The molecule has 0 saturated carbocycles. The van der Waals surface area contributed by atoms with Gasteiger partial charge in [0.05, 0.1) is 17.5 Å². The minimum Gasteiger partial charge on any atom is -0.395 e. The van der Waals surface area contributed by atoms with Gasteiger partial charge in [0.15, 0.2) is 5.17 Å². The first-order valence-corrected chi connectivity index (χ1v) is 7.08. The average Bonchev–Trinajstić information content (AvgIpc) is 3.09. The minimum atomic E-state index is -0.789. The van der Waals surface area contributed by atoms with E-state index < -0.39 is 16.7 Å². The van der Waals surface area contributed by atoms with E-state index >= 15 is 0 Å². The molecule has 0 atom stereocenters. The Morgan fingerprint density at radius 1 is 1.24 bits per heavy atom. The molecule has 2 aromatic rings. The number of hydrazone groups is 2. The molecule has 9 nitrogen and oxygen atoms in total. The number of halogens is 2. The van der Waals surface area contributed by atoms with Crippen LogP contribution in [0.2, 0.25) is 0 Å². The third-order valence-corrected chi connectivity index (χ3v) is 3.10.